The predicted molar refractivity (Wildman–Crippen MR) is 88.8 cm³/mol. The van der Waals surface area contributed by atoms with Gasteiger partial charge in [-0.05, 0) is 58.7 Å². The zero-order valence-corrected chi connectivity index (χ0v) is 13.7. The van der Waals surface area contributed by atoms with Crippen LogP contribution in [0, 0.1) is 0 Å². The zero-order valence-electron chi connectivity index (χ0n) is 12.1. The predicted octanol–water partition coefficient (Wildman–Crippen LogP) is 2.56. The van der Waals surface area contributed by atoms with Crippen LogP contribution in [0.3, 0.4) is 0 Å². The largest absolute Gasteiger partial charge is 0.390 e. The van der Waals surface area contributed by atoms with Crippen molar-refractivity contribution in [3.63, 3.8) is 0 Å². The molecule has 22 heavy (non-hydrogen) atoms. The van der Waals surface area contributed by atoms with E-state index in [0.717, 1.165) is 41.8 Å². The maximum Gasteiger partial charge on any atom is 0.145 e. The van der Waals surface area contributed by atoms with Crippen molar-refractivity contribution >= 4 is 21.6 Å². The van der Waals surface area contributed by atoms with Crippen molar-refractivity contribution in [2.45, 2.75) is 18.9 Å². The van der Waals surface area contributed by atoms with Gasteiger partial charge in [-0.25, -0.2) is 0 Å². The molecule has 0 fully saturated rings. The Morgan fingerprint density at radius 3 is 2.86 bits per heavy atom. The molecule has 114 valence electrons. The fourth-order valence-corrected chi connectivity index (χ4v) is 2.52. The highest BCUT2D eigenvalue weighted by atomic mass is 79.9. The van der Waals surface area contributed by atoms with Gasteiger partial charge in [0.15, 0.2) is 0 Å². The van der Waals surface area contributed by atoms with Crippen LogP contribution >= 0.6 is 15.9 Å². The minimum absolute atomic E-state index is 0.0814. The third-order valence-electron chi connectivity index (χ3n) is 3.47. The lowest BCUT2D eigenvalue weighted by atomic mass is 10.1. The summed E-state index contributed by atoms with van der Waals surface area (Å²) in [5.74, 6) is 0. The molecule has 3 rings (SSSR count). The second kappa shape index (κ2) is 7.47. The number of oxime groups is 1. The van der Waals surface area contributed by atoms with Crippen LogP contribution in [0.15, 0.2) is 52.5 Å². The Labute approximate surface area is 137 Å². The quantitative estimate of drug-likeness (QED) is 0.804. The minimum atomic E-state index is 0.0814. The van der Waals surface area contributed by atoms with E-state index < -0.39 is 0 Å². The van der Waals surface area contributed by atoms with E-state index in [2.05, 4.69) is 36.4 Å². The highest BCUT2D eigenvalue weighted by Crippen LogP contribution is 2.16. The van der Waals surface area contributed by atoms with Crippen LogP contribution in [0.5, 0.6) is 0 Å². The molecule has 0 aliphatic carbocycles. The van der Waals surface area contributed by atoms with Gasteiger partial charge in [0.2, 0.25) is 0 Å². The summed E-state index contributed by atoms with van der Waals surface area (Å²) in [5.41, 5.74) is 3.07. The average molecular weight is 361 g/mol. The third-order valence-corrected chi connectivity index (χ3v) is 3.94. The van der Waals surface area contributed by atoms with Crippen molar-refractivity contribution in [2.24, 2.45) is 5.16 Å². The van der Waals surface area contributed by atoms with Crippen LogP contribution in [0.1, 0.15) is 17.7 Å². The van der Waals surface area contributed by atoms with Crippen LogP contribution in [0.25, 0.3) is 0 Å². The first kappa shape index (κ1) is 15.1. The maximum atomic E-state index is 5.47. The fraction of sp³-hybridized carbons (Fsp3) is 0.312. The molecule has 2 aromatic heterocycles. The molecule has 6 heteroatoms. The molecule has 0 radical (unpaired) electrons. The Morgan fingerprint density at radius 2 is 2.09 bits per heavy atom. The second-order valence-corrected chi connectivity index (χ2v) is 6.06. The van der Waals surface area contributed by atoms with Gasteiger partial charge in [0, 0.05) is 36.0 Å². The van der Waals surface area contributed by atoms with Crippen LogP contribution in [0.2, 0.25) is 0 Å². The van der Waals surface area contributed by atoms with E-state index in [1.807, 2.05) is 36.7 Å². The first-order chi connectivity index (χ1) is 10.8. The summed E-state index contributed by atoms with van der Waals surface area (Å²) in [6.07, 6.45) is 7.27. The summed E-state index contributed by atoms with van der Waals surface area (Å²) < 4.78 is 0.963. The van der Waals surface area contributed by atoms with Gasteiger partial charge < -0.3 is 10.2 Å². The van der Waals surface area contributed by atoms with Gasteiger partial charge in [-0.3, -0.25) is 9.97 Å². The molecule has 0 saturated heterocycles. The Kier molecular flexibility index (Phi) is 5.13. The smallest absolute Gasteiger partial charge is 0.145 e. The lowest BCUT2D eigenvalue weighted by Gasteiger charge is -2.09. The highest BCUT2D eigenvalue weighted by molar-refractivity contribution is 9.10. The normalized spacial score (nSPS) is 17.1. The SMILES string of the molecule is Brc1ccc(C2=NOC(CNCCc3ccncc3)C2)nc1. The Bertz CT molecular complexity index is 630. The molecular weight excluding hydrogens is 344 g/mol. The molecule has 5 nitrogen and oxygen atoms in total. The zero-order chi connectivity index (χ0) is 15.2. The summed E-state index contributed by atoms with van der Waals surface area (Å²) in [5, 5.41) is 7.55. The highest BCUT2D eigenvalue weighted by Gasteiger charge is 2.22. The molecule has 0 bridgehead atoms. The molecule has 0 amide bonds. The Balaban J connectivity index is 1.40. The molecule has 1 N–H and O–H groups in total. The number of aromatic nitrogens is 2. The van der Waals surface area contributed by atoms with Crippen LogP contribution < -0.4 is 5.32 Å². The molecular formula is C16H17BrN4O. The van der Waals surface area contributed by atoms with Crippen molar-refractivity contribution in [3.8, 4) is 0 Å². The van der Waals surface area contributed by atoms with E-state index in [1.165, 1.54) is 5.56 Å². The number of nitrogens with zero attached hydrogens (tertiary/aromatic N) is 3. The molecule has 0 spiro atoms. The molecule has 0 aromatic carbocycles. The van der Waals surface area contributed by atoms with Crippen molar-refractivity contribution in [1.82, 2.24) is 15.3 Å². The van der Waals surface area contributed by atoms with E-state index in [1.54, 1.807) is 6.20 Å². The number of nitrogens with one attached hydrogen (secondary N) is 1. The van der Waals surface area contributed by atoms with E-state index in [0.29, 0.717) is 0 Å². The molecule has 1 unspecified atom stereocenters. The third kappa shape index (κ3) is 4.11. The molecule has 3 heterocycles. The molecule has 2 aromatic rings. The van der Waals surface area contributed by atoms with E-state index in [4.69, 9.17) is 4.84 Å². The van der Waals surface area contributed by atoms with Gasteiger partial charge in [-0.15, -0.1) is 0 Å². The number of hydrogen-bond donors (Lipinski definition) is 1. The van der Waals surface area contributed by atoms with E-state index in [9.17, 15) is 0 Å². The van der Waals surface area contributed by atoms with Gasteiger partial charge >= 0.3 is 0 Å². The summed E-state index contributed by atoms with van der Waals surface area (Å²) in [4.78, 5) is 13.8. The van der Waals surface area contributed by atoms with Crippen LogP contribution in [-0.2, 0) is 11.3 Å². The minimum Gasteiger partial charge on any atom is -0.390 e. The number of hydrogen-bond acceptors (Lipinski definition) is 5. The lowest BCUT2D eigenvalue weighted by Crippen LogP contribution is -2.28. The van der Waals surface area contributed by atoms with E-state index in [-0.39, 0.29) is 6.10 Å². The Morgan fingerprint density at radius 1 is 1.23 bits per heavy atom. The Hall–Kier alpha value is -1.79. The molecule has 1 aliphatic heterocycles. The monoisotopic (exact) mass is 360 g/mol. The van der Waals surface area contributed by atoms with Crippen LogP contribution in [0.4, 0.5) is 0 Å². The summed E-state index contributed by atoms with van der Waals surface area (Å²) in [6.45, 7) is 1.70. The van der Waals surface area contributed by atoms with Gasteiger partial charge in [0.05, 0.1) is 5.69 Å². The molecule has 1 atom stereocenters. The lowest BCUT2D eigenvalue weighted by molar-refractivity contribution is 0.0853. The average Bonchev–Trinajstić information content (AvgIpc) is 3.02. The first-order valence-electron chi connectivity index (χ1n) is 7.25. The van der Waals surface area contributed by atoms with E-state index >= 15 is 0 Å². The molecule has 1 aliphatic rings. The van der Waals surface area contributed by atoms with Gasteiger partial charge in [0.25, 0.3) is 0 Å². The van der Waals surface area contributed by atoms with Crippen LogP contribution in [-0.4, -0.2) is 34.9 Å². The van der Waals surface area contributed by atoms with Crippen molar-refractivity contribution in [3.05, 3.63) is 58.6 Å². The topological polar surface area (TPSA) is 59.4 Å². The van der Waals surface area contributed by atoms with Gasteiger partial charge in [0.1, 0.15) is 11.8 Å². The standard InChI is InChI=1S/C16H17BrN4O/c17-13-1-2-15(20-10-13)16-9-14(22-21-16)11-19-8-5-12-3-6-18-7-4-12/h1-4,6-7,10,14,19H,5,8-9,11H2. The van der Waals surface area contributed by atoms with Crippen molar-refractivity contribution < 1.29 is 4.84 Å². The summed E-state index contributed by atoms with van der Waals surface area (Å²) in [6, 6.07) is 7.99. The fourth-order valence-electron chi connectivity index (χ4n) is 2.28. The second-order valence-electron chi connectivity index (χ2n) is 5.14. The van der Waals surface area contributed by atoms with Crippen molar-refractivity contribution in [1.29, 1.82) is 0 Å². The number of rotatable bonds is 6. The summed E-state index contributed by atoms with van der Waals surface area (Å²) >= 11 is 3.38. The first-order valence-corrected chi connectivity index (χ1v) is 8.05. The maximum absolute atomic E-state index is 5.47. The molecule has 0 saturated carbocycles. The van der Waals surface area contributed by atoms with Gasteiger partial charge in [-0.2, -0.15) is 0 Å². The summed E-state index contributed by atoms with van der Waals surface area (Å²) in [7, 11) is 0. The van der Waals surface area contributed by atoms with Crippen molar-refractivity contribution in [2.75, 3.05) is 13.1 Å². The number of pyridine rings is 2. The number of halogens is 1. The van der Waals surface area contributed by atoms with Gasteiger partial charge in [-0.1, -0.05) is 5.16 Å².